The Morgan fingerprint density at radius 3 is 2.27 bits per heavy atom. The highest BCUT2D eigenvalue weighted by atomic mass is 19.1. The average Bonchev–Trinajstić information content (AvgIpc) is 2.61. The van der Waals surface area contributed by atoms with Crippen molar-refractivity contribution >= 4 is 17.5 Å². The molecule has 1 N–H and O–H groups in total. The van der Waals surface area contributed by atoms with E-state index in [2.05, 4.69) is 19.2 Å². The number of carbonyl (C=O) groups is 2. The van der Waals surface area contributed by atoms with Crippen LogP contribution in [-0.4, -0.2) is 36.9 Å². The first-order chi connectivity index (χ1) is 12.3. The van der Waals surface area contributed by atoms with Crippen LogP contribution >= 0.6 is 0 Å². The minimum atomic E-state index is -0.379. The minimum absolute atomic E-state index is 0.109. The number of carbonyl (C=O) groups excluding carboxylic acids is 2. The number of hydrogen-bond acceptors (Lipinski definition) is 3. The summed E-state index contributed by atoms with van der Waals surface area (Å²) in [6.07, 6.45) is 0. The van der Waals surface area contributed by atoms with Crippen LogP contribution in [0.5, 0.6) is 5.75 Å². The van der Waals surface area contributed by atoms with Crippen molar-refractivity contribution < 1.29 is 18.7 Å². The smallest absolute Gasteiger partial charge is 0.254 e. The van der Waals surface area contributed by atoms with Crippen LogP contribution in [0.2, 0.25) is 0 Å². The number of halogens is 1. The molecule has 0 saturated carbocycles. The molecule has 2 aromatic carbocycles. The maximum Gasteiger partial charge on any atom is 0.254 e. The Kier molecular flexibility index (Phi) is 6.72. The summed E-state index contributed by atoms with van der Waals surface area (Å²) in [6, 6.07) is 12.3. The molecule has 0 unspecified atom stereocenters. The van der Waals surface area contributed by atoms with Crippen molar-refractivity contribution in [3.05, 3.63) is 59.9 Å². The SMILES string of the molecule is CC(C)COc1ccc(C(=O)N(C)CC(=O)Nc2ccc(F)cc2)cc1. The average molecular weight is 358 g/mol. The fraction of sp³-hybridized carbons (Fsp3) is 0.300. The van der Waals surface area contributed by atoms with Gasteiger partial charge in [0.25, 0.3) is 5.91 Å². The lowest BCUT2D eigenvalue weighted by Gasteiger charge is -2.17. The van der Waals surface area contributed by atoms with E-state index in [4.69, 9.17) is 4.74 Å². The highest BCUT2D eigenvalue weighted by Gasteiger charge is 2.15. The first-order valence-electron chi connectivity index (χ1n) is 8.39. The van der Waals surface area contributed by atoms with Gasteiger partial charge in [-0.1, -0.05) is 13.8 Å². The van der Waals surface area contributed by atoms with Crippen molar-refractivity contribution in [1.82, 2.24) is 4.90 Å². The number of amides is 2. The van der Waals surface area contributed by atoms with Crippen molar-refractivity contribution in [3.8, 4) is 5.75 Å². The summed E-state index contributed by atoms with van der Waals surface area (Å²) < 4.78 is 18.5. The number of likely N-dealkylation sites (N-methyl/N-ethyl adjacent to an activating group) is 1. The third-order valence-corrected chi connectivity index (χ3v) is 3.54. The second-order valence-corrected chi connectivity index (χ2v) is 6.45. The van der Waals surface area contributed by atoms with Gasteiger partial charge in [0.15, 0.2) is 0 Å². The molecule has 0 heterocycles. The van der Waals surface area contributed by atoms with Crippen LogP contribution in [0.15, 0.2) is 48.5 Å². The van der Waals surface area contributed by atoms with Gasteiger partial charge in [-0.2, -0.15) is 0 Å². The first kappa shape index (κ1) is 19.4. The molecule has 2 rings (SSSR count). The summed E-state index contributed by atoms with van der Waals surface area (Å²) in [7, 11) is 1.55. The van der Waals surface area contributed by atoms with Gasteiger partial charge in [-0.15, -0.1) is 0 Å². The molecule has 0 bridgehead atoms. The molecule has 0 fully saturated rings. The monoisotopic (exact) mass is 358 g/mol. The molecule has 6 heteroatoms. The van der Waals surface area contributed by atoms with E-state index in [0.29, 0.717) is 29.5 Å². The zero-order chi connectivity index (χ0) is 19.1. The highest BCUT2D eigenvalue weighted by Crippen LogP contribution is 2.14. The number of benzene rings is 2. The predicted octanol–water partition coefficient (Wildman–Crippen LogP) is 3.57. The van der Waals surface area contributed by atoms with Crippen molar-refractivity contribution in [2.45, 2.75) is 13.8 Å². The van der Waals surface area contributed by atoms with Gasteiger partial charge in [-0.25, -0.2) is 4.39 Å². The lowest BCUT2D eigenvalue weighted by molar-refractivity contribution is -0.116. The fourth-order valence-electron chi connectivity index (χ4n) is 2.20. The molecule has 0 spiro atoms. The number of anilines is 1. The van der Waals surface area contributed by atoms with E-state index < -0.39 is 0 Å². The standard InChI is InChI=1S/C20H23FN2O3/c1-14(2)13-26-18-10-4-15(5-11-18)20(25)23(3)12-19(24)22-17-8-6-16(21)7-9-17/h4-11,14H,12-13H2,1-3H3,(H,22,24). The number of hydrogen-bond donors (Lipinski definition) is 1. The maximum absolute atomic E-state index is 12.9. The van der Waals surface area contributed by atoms with Gasteiger partial charge in [-0.3, -0.25) is 9.59 Å². The molecule has 138 valence electrons. The first-order valence-corrected chi connectivity index (χ1v) is 8.39. The van der Waals surface area contributed by atoms with Gasteiger partial charge in [0.1, 0.15) is 11.6 Å². The quantitative estimate of drug-likeness (QED) is 0.823. The Labute approximate surface area is 152 Å². The molecule has 26 heavy (non-hydrogen) atoms. The van der Waals surface area contributed by atoms with E-state index >= 15 is 0 Å². The van der Waals surface area contributed by atoms with Gasteiger partial charge in [0.2, 0.25) is 5.91 Å². The Balaban J connectivity index is 1.89. The fourth-order valence-corrected chi connectivity index (χ4v) is 2.20. The largest absolute Gasteiger partial charge is 0.493 e. The third kappa shape index (κ3) is 5.88. The van der Waals surface area contributed by atoms with E-state index in [9.17, 15) is 14.0 Å². The van der Waals surface area contributed by atoms with Crippen LogP contribution in [0.3, 0.4) is 0 Å². The second-order valence-electron chi connectivity index (χ2n) is 6.45. The van der Waals surface area contributed by atoms with E-state index in [1.807, 2.05) is 0 Å². The Bertz CT molecular complexity index is 743. The third-order valence-electron chi connectivity index (χ3n) is 3.54. The van der Waals surface area contributed by atoms with Gasteiger partial charge in [0, 0.05) is 18.3 Å². The molecule has 0 aliphatic rings. The molecule has 2 amide bonds. The van der Waals surface area contributed by atoms with Crippen LogP contribution in [-0.2, 0) is 4.79 Å². The van der Waals surface area contributed by atoms with Crippen LogP contribution in [0.1, 0.15) is 24.2 Å². The second kappa shape index (κ2) is 8.99. The number of nitrogens with zero attached hydrogens (tertiary/aromatic N) is 1. The summed E-state index contributed by atoms with van der Waals surface area (Å²) >= 11 is 0. The number of ether oxygens (including phenoxy) is 1. The summed E-state index contributed by atoms with van der Waals surface area (Å²) in [6.45, 7) is 4.62. The van der Waals surface area contributed by atoms with Gasteiger partial charge >= 0.3 is 0 Å². The van der Waals surface area contributed by atoms with Crippen molar-refractivity contribution in [1.29, 1.82) is 0 Å². The van der Waals surface area contributed by atoms with E-state index in [1.165, 1.54) is 29.2 Å². The van der Waals surface area contributed by atoms with E-state index in [1.54, 1.807) is 31.3 Å². The number of nitrogens with one attached hydrogen (secondary N) is 1. The van der Waals surface area contributed by atoms with E-state index in [0.717, 1.165) is 0 Å². The lowest BCUT2D eigenvalue weighted by Crippen LogP contribution is -2.34. The molecular formula is C20H23FN2O3. The van der Waals surface area contributed by atoms with Crippen LogP contribution in [0, 0.1) is 11.7 Å². The van der Waals surface area contributed by atoms with Crippen LogP contribution < -0.4 is 10.1 Å². The van der Waals surface area contributed by atoms with Crippen LogP contribution in [0.4, 0.5) is 10.1 Å². The summed E-state index contributed by atoms with van der Waals surface area (Å²) in [4.78, 5) is 25.8. The van der Waals surface area contributed by atoms with Crippen LogP contribution in [0.25, 0.3) is 0 Å². The molecule has 0 aliphatic heterocycles. The normalized spacial score (nSPS) is 10.5. The Morgan fingerprint density at radius 1 is 1.08 bits per heavy atom. The summed E-state index contributed by atoms with van der Waals surface area (Å²) in [5, 5.41) is 2.62. The van der Waals surface area contributed by atoms with E-state index in [-0.39, 0.29) is 24.2 Å². The summed E-state index contributed by atoms with van der Waals surface area (Å²) in [5.41, 5.74) is 0.947. The molecule has 0 radical (unpaired) electrons. The molecule has 0 saturated heterocycles. The van der Waals surface area contributed by atoms with Gasteiger partial charge in [0.05, 0.1) is 13.2 Å². The van der Waals surface area contributed by atoms with Gasteiger partial charge in [-0.05, 0) is 54.4 Å². The molecule has 0 aromatic heterocycles. The lowest BCUT2D eigenvalue weighted by atomic mass is 10.2. The number of rotatable bonds is 7. The van der Waals surface area contributed by atoms with Crippen molar-refractivity contribution in [3.63, 3.8) is 0 Å². The topological polar surface area (TPSA) is 58.6 Å². The summed E-state index contributed by atoms with van der Waals surface area (Å²) in [5.74, 6) is 0.115. The zero-order valence-electron chi connectivity index (χ0n) is 15.2. The minimum Gasteiger partial charge on any atom is -0.493 e. The zero-order valence-corrected chi connectivity index (χ0v) is 15.2. The van der Waals surface area contributed by atoms with Crippen molar-refractivity contribution in [2.75, 3.05) is 25.5 Å². The molecule has 0 aliphatic carbocycles. The predicted molar refractivity (Wildman–Crippen MR) is 98.8 cm³/mol. The van der Waals surface area contributed by atoms with Crippen molar-refractivity contribution in [2.24, 2.45) is 5.92 Å². The molecule has 2 aromatic rings. The molecular weight excluding hydrogens is 335 g/mol. The Morgan fingerprint density at radius 2 is 1.69 bits per heavy atom. The molecule has 5 nitrogen and oxygen atoms in total. The van der Waals surface area contributed by atoms with Gasteiger partial charge < -0.3 is 15.0 Å². The Hall–Kier alpha value is -2.89. The molecule has 0 atom stereocenters. The maximum atomic E-state index is 12.9. The highest BCUT2D eigenvalue weighted by molar-refractivity contribution is 5.99.